The highest BCUT2D eigenvalue weighted by molar-refractivity contribution is 5.77. The van der Waals surface area contributed by atoms with Gasteiger partial charge in [-0.1, -0.05) is 154 Å². The van der Waals surface area contributed by atoms with E-state index in [1.54, 1.807) is 0 Å². The first-order valence-electron chi connectivity index (χ1n) is 19.3. The van der Waals surface area contributed by atoms with Gasteiger partial charge < -0.3 is 9.47 Å². The quantitative estimate of drug-likeness (QED) is 0.0403. The van der Waals surface area contributed by atoms with Crippen molar-refractivity contribution in [2.24, 2.45) is 0 Å². The van der Waals surface area contributed by atoms with Gasteiger partial charge in [0.25, 0.3) is 0 Å². The number of unbranched alkanes of at least 4 members (excludes halogenated alkanes) is 24. The highest BCUT2D eigenvalue weighted by Crippen LogP contribution is 2.12. The number of hydrogen-bond donors (Lipinski definition) is 0. The van der Waals surface area contributed by atoms with Gasteiger partial charge in [0, 0.05) is 0 Å². The Hall–Kier alpha value is -1.58. The van der Waals surface area contributed by atoms with Crippen LogP contribution in [0.15, 0.2) is 24.3 Å². The molecular formula is C40H74O4. The fourth-order valence-electron chi connectivity index (χ4n) is 5.42. The van der Waals surface area contributed by atoms with Gasteiger partial charge in [-0.25, -0.2) is 0 Å². The predicted octanol–water partition coefficient (Wildman–Crippen LogP) is 12.9. The van der Waals surface area contributed by atoms with Crippen molar-refractivity contribution < 1.29 is 19.1 Å². The van der Waals surface area contributed by atoms with Crippen LogP contribution >= 0.6 is 0 Å². The molecule has 0 aromatic carbocycles. The molecule has 0 rings (SSSR count). The molecule has 44 heavy (non-hydrogen) atoms. The first-order valence-corrected chi connectivity index (χ1v) is 19.3. The lowest BCUT2D eigenvalue weighted by molar-refractivity contribution is -0.150. The van der Waals surface area contributed by atoms with Crippen LogP contribution in [-0.2, 0) is 19.1 Å². The maximum Gasteiger partial charge on any atom is 0.306 e. The van der Waals surface area contributed by atoms with Gasteiger partial charge >= 0.3 is 11.9 Å². The van der Waals surface area contributed by atoms with Gasteiger partial charge in [0.1, 0.15) is 0 Å². The van der Waals surface area contributed by atoms with E-state index in [0.717, 1.165) is 25.7 Å². The van der Waals surface area contributed by atoms with E-state index in [0.29, 0.717) is 13.2 Å². The van der Waals surface area contributed by atoms with Gasteiger partial charge in [0.15, 0.2) is 0 Å². The normalized spacial score (nSPS) is 11.6. The summed E-state index contributed by atoms with van der Waals surface area (Å²) >= 11 is 0. The van der Waals surface area contributed by atoms with Crippen molar-refractivity contribution in [3.05, 3.63) is 24.3 Å². The van der Waals surface area contributed by atoms with E-state index in [-0.39, 0.29) is 24.8 Å². The van der Waals surface area contributed by atoms with Crippen LogP contribution in [0.3, 0.4) is 0 Å². The zero-order valence-electron chi connectivity index (χ0n) is 29.6. The van der Waals surface area contributed by atoms with Crippen LogP contribution in [0.1, 0.15) is 206 Å². The molecule has 0 bridgehead atoms. The summed E-state index contributed by atoms with van der Waals surface area (Å²) in [7, 11) is 0. The number of carbonyl (C=O) groups is 2. The maximum absolute atomic E-state index is 11.9. The molecule has 0 saturated heterocycles. The Morgan fingerprint density at radius 2 is 0.614 bits per heavy atom. The Morgan fingerprint density at radius 3 is 0.909 bits per heavy atom. The van der Waals surface area contributed by atoms with Crippen molar-refractivity contribution in [1.82, 2.24) is 0 Å². The van der Waals surface area contributed by atoms with Crippen LogP contribution in [0.5, 0.6) is 0 Å². The van der Waals surface area contributed by atoms with Crippen LogP contribution < -0.4 is 0 Å². The second-order valence-electron chi connectivity index (χ2n) is 12.8. The first kappa shape index (κ1) is 42.4. The second-order valence-corrected chi connectivity index (χ2v) is 12.8. The Bertz CT molecular complexity index is 598. The standard InChI is InChI=1S/C40H74O4/c1-3-5-7-9-11-13-15-17-19-21-23-25-27-29-31-33-37-43-39(41)35-36-40(42)44-38-34-32-30-28-26-24-22-20-18-16-14-12-10-8-6-4-2/h17-20H,3-16,21-38H2,1-2H3/b19-17-,20-18-. The largest absolute Gasteiger partial charge is 0.466 e. The summed E-state index contributed by atoms with van der Waals surface area (Å²) < 4.78 is 10.6. The third kappa shape index (κ3) is 36.6. The van der Waals surface area contributed by atoms with Crippen LogP contribution in [0.4, 0.5) is 0 Å². The third-order valence-electron chi connectivity index (χ3n) is 8.37. The lowest BCUT2D eigenvalue weighted by atomic mass is 10.1. The molecule has 0 heterocycles. The monoisotopic (exact) mass is 619 g/mol. The summed E-state index contributed by atoms with van der Waals surface area (Å²) in [6.45, 7) is 5.46. The second kappa shape index (κ2) is 37.6. The van der Waals surface area contributed by atoms with Crippen molar-refractivity contribution in [3.63, 3.8) is 0 Å². The van der Waals surface area contributed by atoms with Crippen molar-refractivity contribution in [3.8, 4) is 0 Å². The summed E-state index contributed by atoms with van der Waals surface area (Å²) in [5, 5.41) is 0. The van der Waals surface area contributed by atoms with Crippen molar-refractivity contribution in [2.75, 3.05) is 13.2 Å². The van der Waals surface area contributed by atoms with Crippen LogP contribution in [-0.4, -0.2) is 25.2 Å². The summed E-state index contributed by atoms with van der Waals surface area (Å²) in [6, 6.07) is 0. The smallest absolute Gasteiger partial charge is 0.306 e. The summed E-state index contributed by atoms with van der Waals surface area (Å²) in [4.78, 5) is 23.8. The highest BCUT2D eigenvalue weighted by atomic mass is 16.5. The van der Waals surface area contributed by atoms with Crippen molar-refractivity contribution in [2.45, 2.75) is 206 Å². The van der Waals surface area contributed by atoms with Gasteiger partial charge in [0.05, 0.1) is 26.1 Å². The molecule has 0 radical (unpaired) electrons. The summed E-state index contributed by atoms with van der Waals surface area (Å²) in [5.74, 6) is -0.570. The van der Waals surface area contributed by atoms with Crippen molar-refractivity contribution in [1.29, 1.82) is 0 Å². The number of hydrogen-bond acceptors (Lipinski definition) is 4. The number of rotatable bonds is 35. The summed E-state index contributed by atoms with van der Waals surface area (Å²) in [6.07, 6.45) is 45.1. The van der Waals surface area contributed by atoms with E-state index in [1.807, 2.05) is 0 Å². The Morgan fingerprint density at radius 1 is 0.364 bits per heavy atom. The zero-order chi connectivity index (χ0) is 32.0. The third-order valence-corrected chi connectivity index (χ3v) is 8.37. The average Bonchev–Trinajstić information content (AvgIpc) is 3.03. The molecule has 0 N–H and O–H groups in total. The number of ether oxygens (including phenoxy) is 2. The molecule has 0 aromatic rings. The predicted molar refractivity (Wildman–Crippen MR) is 190 cm³/mol. The Labute approximate surface area is 274 Å². The zero-order valence-corrected chi connectivity index (χ0v) is 29.6. The van der Waals surface area contributed by atoms with E-state index in [2.05, 4.69) is 38.2 Å². The number of esters is 2. The fraction of sp³-hybridized carbons (Fsp3) is 0.850. The topological polar surface area (TPSA) is 52.6 Å². The molecular weight excluding hydrogens is 544 g/mol. The van der Waals surface area contributed by atoms with E-state index >= 15 is 0 Å². The van der Waals surface area contributed by atoms with Crippen LogP contribution in [0.25, 0.3) is 0 Å². The SMILES string of the molecule is CCCCCCCC/C=C\CCCCCCCCOC(=O)CCC(=O)OCCCCCCCC/C=C\CCCCCCCC. The molecule has 0 spiro atoms. The van der Waals surface area contributed by atoms with Crippen molar-refractivity contribution >= 4 is 11.9 Å². The van der Waals surface area contributed by atoms with Crippen LogP contribution in [0, 0.1) is 0 Å². The molecule has 0 aromatic heterocycles. The number of carbonyl (C=O) groups excluding carboxylic acids is 2. The Kier molecular flexibility index (Phi) is 36.3. The minimum absolute atomic E-state index is 0.124. The summed E-state index contributed by atoms with van der Waals surface area (Å²) in [5.41, 5.74) is 0. The minimum atomic E-state index is -0.285. The molecule has 0 aliphatic heterocycles. The maximum atomic E-state index is 11.9. The van der Waals surface area contributed by atoms with Gasteiger partial charge in [0.2, 0.25) is 0 Å². The van der Waals surface area contributed by atoms with Gasteiger partial charge in [-0.05, 0) is 64.2 Å². The Balaban J connectivity index is 3.33. The first-order chi connectivity index (χ1) is 21.7. The molecule has 258 valence electrons. The van der Waals surface area contributed by atoms with Gasteiger partial charge in [-0.2, -0.15) is 0 Å². The lowest BCUT2D eigenvalue weighted by Gasteiger charge is -2.06. The highest BCUT2D eigenvalue weighted by Gasteiger charge is 2.09. The van der Waals surface area contributed by atoms with E-state index < -0.39 is 0 Å². The molecule has 0 saturated carbocycles. The fourth-order valence-corrected chi connectivity index (χ4v) is 5.42. The van der Waals surface area contributed by atoms with Gasteiger partial charge in [-0.3, -0.25) is 9.59 Å². The van der Waals surface area contributed by atoms with E-state index in [9.17, 15) is 9.59 Å². The molecule has 0 aliphatic rings. The molecule has 0 unspecified atom stereocenters. The molecule has 0 aliphatic carbocycles. The molecule has 0 fully saturated rings. The lowest BCUT2D eigenvalue weighted by Crippen LogP contribution is -2.11. The van der Waals surface area contributed by atoms with E-state index in [4.69, 9.17) is 9.47 Å². The average molecular weight is 619 g/mol. The van der Waals surface area contributed by atoms with Gasteiger partial charge in [-0.15, -0.1) is 0 Å². The van der Waals surface area contributed by atoms with E-state index in [1.165, 1.54) is 154 Å². The molecule has 0 amide bonds. The molecule has 0 atom stereocenters. The number of allylic oxidation sites excluding steroid dienone is 4. The molecule has 4 nitrogen and oxygen atoms in total. The minimum Gasteiger partial charge on any atom is -0.466 e. The van der Waals surface area contributed by atoms with Crippen LogP contribution in [0.2, 0.25) is 0 Å². The molecule has 4 heteroatoms.